The Labute approximate surface area is 91.7 Å². The predicted octanol–water partition coefficient (Wildman–Crippen LogP) is 3.01. The van der Waals surface area contributed by atoms with Crippen LogP contribution in [0.5, 0.6) is 0 Å². The molecule has 0 unspecified atom stereocenters. The molecule has 0 aromatic carbocycles. The van der Waals surface area contributed by atoms with Crippen LogP contribution in [0.1, 0.15) is 18.9 Å². The molecule has 0 bridgehead atoms. The highest BCUT2D eigenvalue weighted by atomic mass is 79.9. The van der Waals surface area contributed by atoms with Gasteiger partial charge in [-0.2, -0.15) is 0 Å². The van der Waals surface area contributed by atoms with Crippen LogP contribution in [0.25, 0.3) is 0 Å². The zero-order chi connectivity index (χ0) is 9.52. The summed E-state index contributed by atoms with van der Waals surface area (Å²) < 4.78 is 1.19. The highest BCUT2D eigenvalue weighted by Gasteiger charge is 1.95. The zero-order valence-electron chi connectivity index (χ0n) is 7.56. The van der Waals surface area contributed by atoms with Gasteiger partial charge >= 0.3 is 0 Å². The lowest BCUT2D eigenvalue weighted by Crippen LogP contribution is -2.13. The van der Waals surface area contributed by atoms with Crippen molar-refractivity contribution in [2.24, 2.45) is 0 Å². The first-order valence-electron chi connectivity index (χ1n) is 4.16. The molecule has 1 nitrogen and oxygen atoms in total. The third kappa shape index (κ3) is 4.47. The van der Waals surface area contributed by atoms with E-state index in [2.05, 4.69) is 44.5 Å². The van der Waals surface area contributed by atoms with Gasteiger partial charge in [0.15, 0.2) is 0 Å². The van der Waals surface area contributed by atoms with Gasteiger partial charge in [-0.05, 0) is 39.9 Å². The van der Waals surface area contributed by atoms with E-state index in [-0.39, 0.29) is 0 Å². The van der Waals surface area contributed by atoms with Crippen molar-refractivity contribution in [1.29, 1.82) is 0 Å². The first kappa shape index (κ1) is 10.8. The number of hydrogen-bond acceptors (Lipinski definition) is 2. The van der Waals surface area contributed by atoms with Crippen LogP contribution in [0.4, 0.5) is 0 Å². The van der Waals surface area contributed by atoms with Crippen molar-refractivity contribution < 1.29 is 0 Å². The zero-order valence-corrected chi connectivity index (χ0v) is 9.96. The van der Waals surface area contributed by atoms with Gasteiger partial charge in [-0.15, -0.1) is 23.2 Å². The summed E-state index contributed by atoms with van der Waals surface area (Å²) in [6.45, 7) is 3.78. The van der Waals surface area contributed by atoms with E-state index in [4.69, 9.17) is 0 Å². The van der Waals surface area contributed by atoms with E-state index in [0.717, 1.165) is 19.5 Å². The first-order valence-corrected chi connectivity index (χ1v) is 5.83. The van der Waals surface area contributed by atoms with E-state index < -0.39 is 0 Å². The number of thiophene rings is 1. The molecular weight excluding hydrogens is 246 g/mol. The standard InChI is InChI=1S/C10H12BrNS/c1-2-3-4-5-12-7-9-6-10(11)13-8-9/h6,8,12H,4-5,7H2,1H3. The van der Waals surface area contributed by atoms with Gasteiger partial charge in [0.05, 0.1) is 3.79 Å². The van der Waals surface area contributed by atoms with E-state index >= 15 is 0 Å². The van der Waals surface area contributed by atoms with Crippen molar-refractivity contribution in [3.63, 3.8) is 0 Å². The van der Waals surface area contributed by atoms with E-state index in [1.165, 1.54) is 9.35 Å². The second-order valence-electron chi connectivity index (χ2n) is 2.61. The minimum atomic E-state index is 0.932. The molecule has 1 N–H and O–H groups in total. The summed E-state index contributed by atoms with van der Waals surface area (Å²) in [6, 6.07) is 2.14. The molecule has 0 aliphatic carbocycles. The van der Waals surface area contributed by atoms with Gasteiger partial charge < -0.3 is 5.32 Å². The van der Waals surface area contributed by atoms with Crippen LogP contribution in [0.2, 0.25) is 0 Å². The number of nitrogens with one attached hydrogen (secondary N) is 1. The lowest BCUT2D eigenvalue weighted by atomic mass is 10.3. The SMILES string of the molecule is CC#CCCNCc1csc(Br)c1. The van der Waals surface area contributed by atoms with E-state index in [0.29, 0.717) is 0 Å². The molecule has 1 aromatic heterocycles. The van der Waals surface area contributed by atoms with Crippen molar-refractivity contribution in [2.75, 3.05) is 6.54 Å². The maximum absolute atomic E-state index is 3.43. The number of halogens is 1. The highest BCUT2D eigenvalue weighted by Crippen LogP contribution is 2.20. The monoisotopic (exact) mass is 257 g/mol. The summed E-state index contributed by atoms with van der Waals surface area (Å²) >= 11 is 5.16. The van der Waals surface area contributed by atoms with Crippen LogP contribution in [0.15, 0.2) is 15.2 Å². The molecule has 0 saturated carbocycles. The van der Waals surface area contributed by atoms with Crippen molar-refractivity contribution >= 4 is 27.3 Å². The largest absolute Gasteiger partial charge is 0.312 e. The van der Waals surface area contributed by atoms with Gasteiger partial charge in [0.25, 0.3) is 0 Å². The Balaban J connectivity index is 2.15. The third-order valence-corrected chi connectivity index (χ3v) is 3.11. The molecular formula is C10H12BrNS. The predicted molar refractivity (Wildman–Crippen MR) is 61.8 cm³/mol. The van der Waals surface area contributed by atoms with Gasteiger partial charge in [0, 0.05) is 19.5 Å². The summed E-state index contributed by atoms with van der Waals surface area (Å²) in [5, 5.41) is 5.49. The second kappa shape index (κ2) is 6.20. The van der Waals surface area contributed by atoms with Crippen LogP contribution < -0.4 is 5.32 Å². The Hall–Kier alpha value is -0.300. The second-order valence-corrected chi connectivity index (χ2v) is 4.90. The summed E-state index contributed by atoms with van der Waals surface area (Å²) in [4.78, 5) is 0. The first-order chi connectivity index (χ1) is 6.33. The number of hydrogen-bond donors (Lipinski definition) is 1. The average Bonchev–Trinajstić information content (AvgIpc) is 2.51. The van der Waals surface area contributed by atoms with Gasteiger partial charge in [0.1, 0.15) is 0 Å². The van der Waals surface area contributed by atoms with Crippen molar-refractivity contribution in [2.45, 2.75) is 19.9 Å². The van der Waals surface area contributed by atoms with Gasteiger partial charge in [-0.25, -0.2) is 0 Å². The summed E-state index contributed by atoms with van der Waals surface area (Å²) in [7, 11) is 0. The van der Waals surface area contributed by atoms with Crippen LogP contribution in [0.3, 0.4) is 0 Å². The van der Waals surface area contributed by atoms with E-state index in [1.54, 1.807) is 11.3 Å². The minimum Gasteiger partial charge on any atom is -0.312 e. The normalized spacial score (nSPS) is 9.38. The molecule has 1 aromatic rings. The molecule has 0 saturated heterocycles. The van der Waals surface area contributed by atoms with Crippen LogP contribution >= 0.6 is 27.3 Å². The molecule has 0 radical (unpaired) electrons. The summed E-state index contributed by atoms with van der Waals surface area (Å²) in [5.41, 5.74) is 1.33. The Kier molecular flexibility index (Phi) is 5.14. The lowest BCUT2D eigenvalue weighted by Gasteiger charge is -1.98. The minimum absolute atomic E-state index is 0.932. The van der Waals surface area contributed by atoms with Gasteiger partial charge in [0.2, 0.25) is 0 Å². The smallest absolute Gasteiger partial charge is 0.0701 e. The van der Waals surface area contributed by atoms with Crippen LogP contribution in [0, 0.1) is 11.8 Å². The summed E-state index contributed by atoms with van der Waals surface area (Å²) in [5.74, 6) is 5.90. The van der Waals surface area contributed by atoms with Crippen LogP contribution in [-0.4, -0.2) is 6.54 Å². The topological polar surface area (TPSA) is 12.0 Å². The third-order valence-electron chi connectivity index (χ3n) is 1.55. The van der Waals surface area contributed by atoms with Crippen molar-refractivity contribution in [3.8, 4) is 11.8 Å². The van der Waals surface area contributed by atoms with Crippen molar-refractivity contribution in [1.82, 2.24) is 5.32 Å². The number of rotatable bonds is 4. The molecule has 3 heteroatoms. The fraction of sp³-hybridized carbons (Fsp3) is 0.400. The maximum atomic E-state index is 3.43. The maximum Gasteiger partial charge on any atom is 0.0701 e. The molecule has 0 atom stereocenters. The van der Waals surface area contributed by atoms with Crippen LogP contribution in [-0.2, 0) is 6.54 Å². The average molecular weight is 258 g/mol. The van der Waals surface area contributed by atoms with Gasteiger partial charge in [-0.1, -0.05) is 0 Å². The molecule has 1 heterocycles. The molecule has 1 rings (SSSR count). The Morgan fingerprint density at radius 3 is 3.08 bits per heavy atom. The van der Waals surface area contributed by atoms with E-state index in [1.807, 2.05) is 6.92 Å². The van der Waals surface area contributed by atoms with Crippen molar-refractivity contribution in [3.05, 3.63) is 20.8 Å². The lowest BCUT2D eigenvalue weighted by molar-refractivity contribution is 0.702. The molecule has 0 spiro atoms. The fourth-order valence-electron chi connectivity index (χ4n) is 0.947. The van der Waals surface area contributed by atoms with E-state index in [9.17, 15) is 0 Å². The molecule has 0 aliphatic rings. The Bertz CT molecular complexity index is 308. The summed E-state index contributed by atoms with van der Waals surface area (Å²) in [6.07, 6.45) is 0.932. The molecule has 0 amide bonds. The molecule has 13 heavy (non-hydrogen) atoms. The Morgan fingerprint density at radius 2 is 2.46 bits per heavy atom. The molecule has 0 fully saturated rings. The quantitative estimate of drug-likeness (QED) is 0.646. The van der Waals surface area contributed by atoms with Gasteiger partial charge in [-0.3, -0.25) is 0 Å². The highest BCUT2D eigenvalue weighted by molar-refractivity contribution is 9.11. The molecule has 0 aliphatic heterocycles. The Morgan fingerprint density at radius 1 is 1.62 bits per heavy atom. The molecule has 70 valence electrons. The fourth-order valence-corrected chi connectivity index (χ4v) is 2.16.